The number of nitrogens with one attached hydrogen (secondary N) is 3. The van der Waals surface area contributed by atoms with Gasteiger partial charge in [-0.3, -0.25) is 10.2 Å². The van der Waals surface area contributed by atoms with Crippen LogP contribution < -0.4 is 60.7 Å². The molecule has 0 bridgehead atoms. The molecule has 0 amide bonds. The highest BCUT2D eigenvalue weighted by Crippen LogP contribution is 2.43. The molecule has 774 valence electrons. The van der Waals surface area contributed by atoms with E-state index in [0.717, 1.165) is 216 Å². The zero-order valence-corrected chi connectivity index (χ0v) is 84.5. The first kappa shape index (κ1) is 98.3. The van der Waals surface area contributed by atoms with Crippen LogP contribution in [0.25, 0.3) is 49.8 Å². The summed E-state index contributed by atoms with van der Waals surface area (Å²) in [7, 11) is 0. The smallest absolute Gasteiger partial charge is 0.350 e. The highest BCUT2D eigenvalue weighted by Gasteiger charge is 2.49. The van der Waals surface area contributed by atoms with Crippen LogP contribution in [0, 0.1) is 0 Å². The van der Waals surface area contributed by atoms with Gasteiger partial charge in [0.25, 0.3) is 0 Å². The highest BCUT2D eigenvalue weighted by molar-refractivity contribution is 5.82. The number of rotatable bonds is 33. The number of ether oxygens (including phenoxy) is 9. The Morgan fingerprint density at radius 2 is 0.687 bits per heavy atom. The van der Waals surface area contributed by atoms with Gasteiger partial charge >= 0.3 is 17.1 Å². The minimum atomic E-state index is -1.13. The largest absolute Gasteiger partial charge is 0.491 e. The summed E-state index contributed by atoms with van der Waals surface area (Å²) in [6.45, 7) is 25.9. The molecule has 6 fully saturated rings. The Balaban J connectivity index is 0.000000127. The second-order valence-electron chi connectivity index (χ2n) is 38.5. The maximum atomic E-state index is 12.8. The lowest BCUT2D eigenvalue weighted by molar-refractivity contribution is -0.194. The van der Waals surface area contributed by atoms with E-state index in [2.05, 4.69) is 206 Å². The Bertz CT molecular complexity index is 7380. The van der Waals surface area contributed by atoms with Crippen LogP contribution in [-0.4, -0.2) is 250 Å². The van der Waals surface area contributed by atoms with Gasteiger partial charge in [-0.25, -0.2) is 42.1 Å². The van der Waals surface area contributed by atoms with Crippen LogP contribution in [0.4, 0.5) is 34.1 Å². The first-order chi connectivity index (χ1) is 73.4. The van der Waals surface area contributed by atoms with Crippen LogP contribution in [0.3, 0.4) is 0 Å². The number of H-pyrrole nitrogens is 3. The van der Waals surface area contributed by atoms with Crippen molar-refractivity contribution in [3.05, 3.63) is 329 Å². The molecule has 15 heterocycles. The SMILES string of the molecule is CCC(C)n1ncn(-c2ccc(N3CCN(c4ccc(OCC5COC(Cn6nccn6)(c6[nH]nc7ccccc67)O5)cc4)CC3)cc2)c1=O.CCC(C)n1ncn(-c2ccc(N3CCN(c4ccc(OCC5COC(Cn6nccn6)(c6ccc7[nH]ncc7c6)O5)cc4)CC3)cc2)c1=O.CCC(C)n1ncn(-c2ccc(N3CCN(c4ccc(OCC5COC(Cn6nccn6)(c6ccc7cc[nH]c7c6)O5)cc4)CC3)cc2)c1=O. The fourth-order valence-electron chi connectivity index (χ4n) is 20.0. The third-order valence-corrected chi connectivity index (χ3v) is 29.1. The van der Waals surface area contributed by atoms with Crippen LogP contribution in [-0.2, 0) is 65.4 Å². The van der Waals surface area contributed by atoms with E-state index in [4.69, 9.17) is 42.6 Å². The van der Waals surface area contributed by atoms with Crippen molar-refractivity contribution in [2.45, 2.75) is 134 Å². The van der Waals surface area contributed by atoms with Crippen LogP contribution in [0.15, 0.2) is 295 Å². The molecule has 6 saturated heterocycles. The van der Waals surface area contributed by atoms with Crippen LogP contribution in [0.2, 0.25) is 0 Å². The summed E-state index contributed by atoms with van der Waals surface area (Å²) in [5.41, 5.74) is 14.3. The second-order valence-corrected chi connectivity index (χ2v) is 38.5. The van der Waals surface area contributed by atoms with Gasteiger partial charge in [0, 0.05) is 146 Å². The molecule has 9 atom stereocenters. The first-order valence-electron chi connectivity index (χ1n) is 51.4. The molecular weight excluding hydrogens is 1910 g/mol. The lowest BCUT2D eigenvalue weighted by Gasteiger charge is -2.37. The van der Waals surface area contributed by atoms with Crippen molar-refractivity contribution in [3.63, 3.8) is 0 Å². The van der Waals surface area contributed by atoms with Crippen molar-refractivity contribution in [1.82, 2.24) is 113 Å². The summed E-state index contributed by atoms with van der Waals surface area (Å²) >= 11 is 0. The monoisotopic (exact) mass is 2030 g/mol. The molecular formula is C109H121N29O12. The van der Waals surface area contributed by atoms with E-state index in [0.29, 0.717) is 52.7 Å². The van der Waals surface area contributed by atoms with Crippen LogP contribution >= 0.6 is 0 Å². The predicted molar refractivity (Wildman–Crippen MR) is 566 cm³/mol. The number of fused-ring (bicyclic) bond motifs is 3. The van der Waals surface area contributed by atoms with Gasteiger partial charge in [0.05, 0.1) is 109 Å². The maximum Gasteiger partial charge on any atom is 0.350 e. The lowest BCUT2D eigenvalue weighted by Crippen LogP contribution is -2.46. The normalized spacial score (nSPS) is 20.1. The van der Waals surface area contributed by atoms with Crippen LogP contribution in [0.1, 0.15) is 95.8 Å². The predicted octanol–water partition coefficient (Wildman–Crippen LogP) is 13.0. The number of aromatic amines is 3. The number of piperazine rings is 3. The summed E-state index contributed by atoms with van der Waals surface area (Å²) < 4.78 is 66.8. The minimum Gasteiger partial charge on any atom is -0.491 e. The molecule has 0 spiro atoms. The van der Waals surface area contributed by atoms with Gasteiger partial charge in [-0.1, -0.05) is 57.2 Å². The van der Waals surface area contributed by atoms with E-state index in [9.17, 15) is 14.4 Å². The Hall–Kier alpha value is -16.3. The van der Waals surface area contributed by atoms with Crippen molar-refractivity contribution in [3.8, 4) is 34.3 Å². The molecule has 41 heteroatoms. The Morgan fingerprint density at radius 1 is 0.353 bits per heavy atom. The van der Waals surface area contributed by atoms with Crippen molar-refractivity contribution in [2.75, 3.05) is 148 Å². The summed E-state index contributed by atoms with van der Waals surface area (Å²) in [6, 6.07) is 71.4. The molecule has 6 aliphatic rings. The number of aromatic nitrogens is 23. The number of nitrogens with zero attached hydrogens (tertiary/aromatic N) is 26. The molecule has 3 N–H and O–H groups in total. The molecule has 0 radical (unpaired) electrons. The molecule has 24 rings (SSSR count). The molecule has 0 saturated carbocycles. The molecule has 6 aliphatic heterocycles. The van der Waals surface area contributed by atoms with Crippen molar-refractivity contribution in [2.24, 2.45) is 0 Å². The van der Waals surface area contributed by atoms with Gasteiger partial charge in [0.2, 0.25) is 17.4 Å². The van der Waals surface area contributed by atoms with Gasteiger partial charge < -0.3 is 77.0 Å². The zero-order valence-electron chi connectivity index (χ0n) is 84.5. The molecule has 18 aromatic rings. The van der Waals surface area contributed by atoms with E-state index in [-0.39, 0.29) is 60.1 Å². The summed E-state index contributed by atoms with van der Waals surface area (Å²) in [5, 5.41) is 56.4. The second kappa shape index (κ2) is 43.6. The molecule has 41 nitrogen and oxygen atoms in total. The van der Waals surface area contributed by atoms with Gasteiger partial charge in [-0.05, 0) is 221 Å². The van der Waals surface area contributed by atoms with E-state index >= 15 is 0 Å². The van der Waals surface area contributed by atoms with E-state index < -0.39 is 17.4 Å². The standard InChI is InChI=1S/C37H41N9O4.2C36H40N10O4/c1-3-27(2)46-36(47)44(26-41-46)32-8-6-30(7-9-32)42-18-20-43(21-19-42)31-10-12-33(13-11-31)48-23-34-24-49-37(50-34,25-45-39-16-17-40-45)29-5-4-28-14-15-38-35(28)22-29;1-3-26(2)46-35(47)44(25-40-46)31-7-5-29(6-8-31)42-16-18-43(19-17-42)30-9-11-32(12-10-30)48-22-33-23-49-36(50-33,24-45-38-14-15-39-45)28-4-13-34-27(20-28)21-37-41-34;1-3-26(2)46-35(47)44(25-39-46)29-10-8-27(9-11-29)42-18-20-43(21-19-42)28-12-14-30(15-13-28)48-22-31-23-49-36(50-31,24-45-37-16-17-38-45)34-32-6-4-5-7-33(32)40-41-34/h4-17,22,26-27,34,38H,3,18-21,23-25H2,1-2H3;4-15,20-21,25-26,33H,3,16-19,22-24H2,1-2H3,(H,37,41);4-17,25-26,31H,3,18-24H2,1-2H3,(H,40,41). The number of hydrogen-bond donors (Lipinski definition) is 3. The van der Waals surface area contributed by atoms with E-state index in [1.165, 1.54) is 0 Å². The number of anilines is 6. The van der Waals surface area contributed by atoms with Gasteiger partial charge in [-0.15, -0.1) is 0 Å². The topological polar surface area (TPSA) is 387 Å². The summed E-state index contributed by atoms with van der Waals surface area (Å²) in [6.07, 6.45) is 20.1. The molecule has 9 aromatic carbocycles. The van der Waals surface area contributed by atoms with E-state index in [1.807, 2.05) is 154 Å². The molecule has 0 aliphatic carbocycles. The lowest BCUT2D eigenvalue weighted by atomic mass is 10.0. The van der Waals surface area contributed by atoms with E-state index in [1.54, 1.807) is 104 Å². The fourth-order valence-corrected chi connectivity index (χ4v) is 20.0. The van der Waals surface area contributed by atoms with Gasteiger partial charge in [0.15, 0.2) is 0 Å². The highest BCUT2D eigenvalue weighted by atomic mass is 16.8. The Labute approximate surface area is 863 Å². The summed E-state index contributed by atoms with van der Waals surface area (Å²) in [4.78, 5) is 60.7. The molecule has 9 unspecified atom stereocenters. The minimum absolute atomic E-state index is 0.0674. The zero-order chi connectivity index (χ0) is 102. The van der Waals surface area contributed by atoms with Crippen molar-refractivity contribution >= 4 is 66.8 Å². The van der Waals surface area contributed by atoms with Crippen molar-refractivity contribution < 1.29 is 42.6 Å². The Kier molecular flexibility index (Phi) is 28.6. The average molecular weight is 2030 g/mol. The number of para-hydroxylation sites is 1. The maximum absolute atomic E-state index is 12.8. The van der Waals surface area contributed by atoms with Gasteiger partial charge in [-0.2, -0.15) is 70.5 Å². The third-order valence-electron chi connectivity index (χ3n) is 29.1. The summed E-state index contributed by atoms with van der Waals surface area (Å²) in [5.74, 6) is -0.892. The first-order valence-corrected chi connectivity index (χ1v) is 51.4. The number of benzene rings is 9. The van der Waals surface area contributed by atoms with Crippen molar-refractivity contribution in [1.29, 1.82) is 0 Å². The Morgan fingerprint density at radius 3 is 1.07 bits per heavy atom. The molecule has 9 aromatic heterocycles. The third kappa shape index (κ3) is 21.1. The van der Waals surface area contributed by atoms with Crippen LogP contribution in [0.5, 0.6) is 17.2 Å². The number of hydrogen-bond acceptors (Lipinski definition) is 29. The van der Waals surface area contributed by atoms with Gasteiger partial charge in [0.1, 0.15) is 99.7 Å². The molecule has 150 heavy (non-hydrogen) atoms. The fraction of sp³-hybridized carbons (Fsp3) is 0.358. The average Bonchev–Trinajstić information content (AvgIpc) is 1.58. The quantitative estimate of drug-likeness (QED) is 0.0344.